The van der Waals surface area contributed by atoms with Crippen molar-refractivity contribution in [1.29, 1.82) is 0 Å². The molecule has 2 saturated heterocycles. The summed E-state index contributed by atoms with van der Waals surface area (Å²) in [5.41, 5.74) is 0. The molecule has 0 spiro atoms. The van der Waals surface area contributed by atoms with Crippen LogP contribution in [0.3, 0.4) is 0 Å². The Kier molecular flexibility index (Phi) is 64.1. The summed E-state index contributed by atoms with van der Waals surface area (Å²) in [7, 11) is -5.81. The molecule has 10 N–H and O–H groups in total. The maximum Gasteiger partial charge on any atom is 0.472 e. The lowest BCUT2D eigenvalue weighted by molar-refractivity contribution is -0.360. The number of aliphatic hydroxyl groups is 9. The Balaban J connectivity index is 1.92. The largest absolute Gasteiger partial charge is 0.472 e. The molecule has 2 aliphatic heterocycles. The van der Waals surface area contributed by atoms with Crippen molar-refractivity contribution in [3.63, 3.8) is 0 Å². The fourth-order valence-corrected chi connectivity index (χ4v) is 16.2. The number of hydrogen-bond donors (Lipinski definition) is 10. The van der Waals surface area contributed by atoms with Crippen molar-refractivity contribution in [2.75, 3.05) is 26.4 Å². The van der Waals surface area contributed by atoms with Crippen LogP contribution in [0.4, 0.5) is 0 Å². The number of aliphatic hydroxyl groups excluding tert-OH is 9. The second-order valence-corrected chi connectivity index (χ2v) is 34.6. The highest BCUT2D eigenvalue weighted by Gasteiger charge is 2.60. The maximum atomic E-state index is 14.9. The van der Waals surface area contributed by atoms with Gasteiger partial charge < -0.3 is 88.7 Å². The van der Waals surface area contributed by atoms with Gasteiger partial charge in [0, 0.05) is 25.7 Å². The zero-order valence-corrected chi connectivity index (χ0v) is 73.2. The minimum absolute atomic E-state index is 0.0161. The topological polar surface area (TPSA) is 380 Å². The summed E-state index contributed by atoms with van der Waals surface area (Å²) < 4.78 is 73.3. The van der Waals surface area contributed by atoms with Crippen LogP contribution in [0.5, 0.6) is 0 Å². The van der Waals surface area contributed by atoms with Crippen LogP contribution < -0.4 is 0 Å². The van der Waals surface area contributed by atoms with E-state index >= 15 is 0 Å². The molecule has 1 saturated carbocycles. The SMILES string of the molecule is CCCCCC/C=C\CCCCCCCCCC(=O)OC1C(O)C(O)C(OC2OC(CO)C(O)C(O)C2O)C(OP(=O)(O)OCC(COC(=O)CCCCCCCCCCCCCCCCCC)OC(=O)CCCCC/C=C\CCCCCCCC)C1OC1OC(COC(=O)CCCCCCCCCCCCCCC)C(O)C(O)C1O. The molecule has 0 aromatic carbocycles. The van der Waals surface area contributed by atoms with Crippen molar-refractivity contribution in [3.8, 4) is 0 Å². The smallest absolute Gasteiger partial charge is 0.463 e. The van der Waals surface area contributed by atoms with E-state index in [1.807, 2.05) is 0 Å². The minimum atomic E-state index is -5.81. The number of allylic oxidation sites excluding steroid dienone is 4. The Labute approximate surface area is 698 Å². The van der Waals surface area contributed by atoms with Gasteiger partial charge in [-0.3, -0.25) is 28.2 Å². The normalized spacial score (nSPS) is 25.2. The van der Waals surface area contributed by atoms with Gasteiger partial charge in [-0.2, -0.15) is 0 Å². The van der Waals surface area contributed by atoms with Crippen LogP contribution >= 0.6 is 7.82 Å². The van der Waals surface area contributed by atoms with Gasteiger partial charge in [0.1, 0.15) is 92.6 Å². The monoisotopic (exact) mass is 1680 g/mol. The van der Waals surface area contributed by atoms with Gasteiger partial charge in [-0.05, 0) is 77.0 Å². The van der Waals surface area contributed by atoms with Gasteiger partial charge in [0.05, 0.1) is 13.2 Å². The summed E-state index contributed by atoms with van der Waals surface area (Å²) >= 11 is 0. The van der Waals surface area contributed by atoms with E-state index < -0.39 is 162 Å². The Morgan fingerprint density at radius 1 is 0.336 bits per heavy atom. The van der Waals surface area contributed by atoms with Gasteiger partial charge in [0.25, 0.3) is 0 Å². The molecule has 0 radical (unpaired) electrons. The predicted octanol–water partition coefficient (Wildman–Crippen LogP) is 16.9. The van der Waals surface area contributed by atoms with Crippen molar-refractivity contribution in [2.24, 2.45) is 0 Å². The summed E-state index contributed by atoms with van der Waals surface area (Å²) in [6.07, 6.45) is 28.9. The van der Waals surface area contributed by atoms with Crippen molar-refractivity contribution >= 4 is 31.7 Å². The van der Waals surface area contributed by atoms with Crippen LogP contribution in [0.25, 0.3) is 0 Å². The lowest BCUT2D eigenvalue weighted by Crippen LogP contribution is -2.70. The van der Waals surface area contributed by atoms with Crippen LogP contribution in [0, 0.1) is 0 Å². The van der Waals surface area contributed by atoms with E-state index in [2.05, 4.69) is 52.0 Å². The van der Waals surface area contributed by atoms with Crippen molar-refractivity contribution in [3.05, 3.63) is 24.3 Å². The van der Waals surface area contributed by atoms with Crippen molar-refractivity contribution in [1.82, 2.24) is 0 Å². The molecule has 1 aliphatic carbocycles. The maximum absolute atomic E-state index is 14.9. The number of esters is 4. The number of phosphoric ester groups is 1. The summed E-state index contributed by atoms with van der Waals surface area (Å²) in [6, 6.07) is 0. The van der Waals surface area contributed by atoms with E-state index in [1.165, 1.54) is 167 Å². The Morgan fingerprint density at radius 2 is 0.647 bits per heavy atom. The molecule has 3 rings (SSSR count). The molecule has 26 heteroatoms. The van der Waals surface area contributed by atoms with E-state index in [-0.39, 0.29) is 25.7 Å². The lowest BCUT2D eigenvalue weighted by atomic mass is 9.84. The molecule has 3 aliphatic rings. The number of hydrogen-bond acceptors (Lipinski definition) is 24. The molecule has 3 fully saturated rings. The predicted molar refractivity (Wildman–Crippen MR) is 449 cm³/mol. The van der Waals surface area contributed by atoms with Crippen LogP contribution in [-0.2, 0) is 70.7 Å². The first-order valence-corrected chi connectivity index (χ1v) is 48.1. The molecule has 116 heavy (non-hydrogen) atoms. The third-order valence-corrected chi connectivity index (χ3v) is 23.7. The lowest BCUT2D eigenvalue weighted by Gasteiger charge is -2.50. The summed E-state index contributed by atoms with van der Waals surface area (Å²) in [5.74, 6) is -2.98. The van der Waals surface area contributed by atoms with E-state index in [0.717, 1.165) is 135 Å². The van der Waals surface area contributed by atoms with Crippen molar-refractivity contribution < 1.29 is 122 Å². The van der Waals surface area contributed by atoms with Crippen LogP contribution in [0.2, 0.25) is 0 Å². The van der Waals surface area contributed by atoms with E-state index in [0.29, 0.717) is 38.5 Å². The Hall–Kier alpha value is -3.05. The molecule has 0 aromatic heterocycles. The number of rotatable bonds is 75. The summed E-state index contributed by atoms with van der Waals surface area (Å²) in [6.45, 7) is 5.56. The summed E-state index contributed by atoms with van der Waals surface area (Å²) in [5, 5.41) is 102. The first-order valence-electron chi connectivity index (χ1n) is 46.6. The van der Waals surface area contributed by atoms with Gasteiger partial charge in [-0.1, -0.05) is 315 Å². The average Bonchev–Trinajstić information content (AvgIpc) is 0.754. The van der Waals surface area contributed by atoms with Gasteiger partial charge in [0.2, 0.25) is 0 Å². The highest BCUT2D eigenvalue weighted by molar-refractivity contribution is 7.47. The zero-order chi connectivity index (χ0) is 84.7. The molecule has 2 heterocycles. The van der Waals surface area contributed by atoms with Gasteiger partial charge in [-0.15, -0.1) is 0 Å². The average molecular weight is 1680 g/mol. The number of ether oxygens (including phenoxy) is 8. The van der Waals surface area contributed by atoms with Crippen LogP contribution in [0.15, 0.2) is 24.3 Å². The number of carbonyl (C=O) groups is 4. The third-order valence-electron chi connectivity index (χ3n) is 22.7. The molecular weight excluding hydrogens is 1510 g/mol. The standard InChI is InChI=1S/C90H165O25P/c1-5-9-13-17-21-25-29-33-35-37-40-43-46-50-54-58-62-73(92)106-67-70(109-75(94)64-60-56-52-48-44-39-32-28-24-20-16-12-8-4)68-108-116(104,105)115-88-86(113-89-83(102)79(98)77(96)71(66-91)110-89)82(101)81(100)85(112-76(95)65-61-57-53-49-45-41-36-34-30-26-22-18-14-10-6-2)87(88)114-90-84(103)80(99)78(97)72(111-90)69-107-74(93)63-59-55-51-47-42-38-31-27-23-19-15-11-7-3/h26,30,39,44,70-72,77-91,96-103H,5-25,27-29,31-38,40-43,45-69H2,1-4H3,(H,104,105)/b30-26-,44-39-. The third kappa shape index (κ3) is 49.3. The molecular formula is C90H165O25P. The van der Waals surface area contributed by atoms with E-state index in [1.54, 1.807) is 0 Å². The van der Waals surface area contributed by atoms with Crippen molar-refractivity contribution in [2.45, 2.75) is 498 Å². The Bertz CT molecular complexity index is 2510. The fourth-order valence-electron chi connectivity index (χ4n) is 15.2. The second kappa shape index (κ2) is 69.4. The second-order valence-electron chi connectivity index (χ2n) is 33.2. The molecule has 18 unspecified atom stereocenters. The molecule has 0 amide bonds. The highest BCUT2D eigenvalue weighted by atomic mass is 31.2. The molecule has 0 bridgehead atoms. The molecule has 18 atom stereocenters. The number of carbonyl (C=O) groups excluding carboxylic acids is 4. The first kappa shape index (κ1) is 107. The first-order chi connectivity index (χ1) is 56.2. The highest BCUT2D eigenvalue weighted by Crippen LogP contribution is 2.49. The fraction of sp³-hybridized carbons (Fsp3) is 0.911. The molecule has 680 valence electrons. The zero-order valence-electron chi connectivity index (χ0n) is 72.3. The summed E-state index contributed by atoms with van der Waals surface area (Å²) in [4.78, 5) is 66.4. The molecule has 25 nitrogen and oxygen atoms in total. The Morgan fingerprint density at radius 3 is 1.04 bits per heavy atom. The van der Waals surface area contributed by atoms with Gasteiger partial charge in [-0.25, -0.2) is 4.57 Å². The van der Waals surface area contributed by atoms with Gasteiger partial charge in [0.15, 0.2) is 24.8 Å². The quantitative estimate of drug-likeness (QED) is 0.00889. The number of phosphoric acid groups is 1. The van der Waals surface area contributed by atoms with Crippen LogP contribution in [-0.4, -0.2) is 205 Å². The van der Waals surface area contributed by atoms with Gasteiger partial charge >= 0.3 is 31.7 Å². The van der Waals surface area contributed by atoms with Crippen LogP contribution in [0.1, 0.15) is 394 Å². The van der Waals surface area contributed by atoms with E-state index in [9.17, 15) is 74.6 Å². The molecule has 0 aromatic rings. The minimum Gasteiger partial charge on any atom is -0.463 e. The number of unbranched alkanes of at least 4 members (excludes halogenated alkanes) is 47. The van der Waals surface area contributed by atoms with E-state index in [4.69, 9.17) is 46.9 Å².